The second kappa shape index (κ2) is 10.1. The van der Waals surface area contributed by atoms with Gasteiger partial charge in [0.15, 0.2) is 0 Å². The summed E-state index contributed by atoms with van der Waals surface area (Å²) >= 11 is 0. The van der Waals surface area contributed by atoms with Crippen LogP contribution in [-0.4, -0.2) is 14.4 Å². The number of nitrogens with one attached hydrogen (secondary N) is 3. The van der Waals surface area contributed by atoms with Gasteiger partial charge in [-0.05, 0) is 55.3 Å². The van der Waals surface area contributed by atoms with Crippen LogP contribution in [0, 0.1) is 6.92 Å². The summed E-state index contributed by atoms with van der Waals surface area (Å²) in [6.45, 7) is 3.74. The summed E-state index contributed by atoms with van der Waals surface area (Å²) in [5, 5.41) is 6.65. The van der Waals surface area contributed by atoms with Gasteiger partial charge in [0.1, 0.15) is 0 Å². The van der Waals surface area contributed by atoms with Crippen molar-refractivity contribution in [3.8, 4) is 0 Å². The molecule has 0 bridgehead atoms. The molecule has 0 aliphatic rings. The van der Waals surface area contributed by atoms with Crippen molar-refractivity contribution in [2.45, 2.75) is 19.9 Å². The highest BCUT2D eigenvalue weighted by atomic mass is 32.2. The summed E-state index contributed by atoms with van der Waals surface area (Å²) in [7, 11) is -3.61. The van der Waals surface area contributed by atoms with Gasteiger partial charge < -0.3 is 10.6 Å². The SMILES string of the molecule is Cc1ccc(C=CS(=O)(=O)NC(C)c2ccc(NC(=O)Nc3ccccc3)cc2)cc1. The summed E-state index contributed by atoms with van der Waals surface area (Å²) < 4.78 is 27.4. The van der Waals surface area contributed by atoms with E-state index < -0.39 is 16.1 Å². The molecule has 0 aromatic heterocycles. The Hall–Kier alpha value is -3.42. The largest absolute Gasteiger partial charge is 0.323 e. The zero-order valence-corrected chi connectivity index (χ0v) is 18.2. The van der Waals surface area contributed by atoms with E-state index in [0.29, 0.717) is 11.4 Å². The summed E-state index contributed by atoms with van der Waals surface area (Å²) in [4.78, 5) is 12.1. The molecule has 0 saturated heterocycles. The normalized spacial score (nSPS) is 12.5. The Morgan fingerprint density at radius 1 is 0.839 bits per heavy atom. The number of urea groups is 1. The number of aryl methyl sites for hydroxylation is 1. The molecule has 160 valence electrons. The van der Waals surface area contributed by atoms with E-state index in [1.807, 2.05) is 49.4 Å². The smallest absolute Gasteiger partial charge is 0.308 e. The molecule has 2 amide bonds. The predicted octanol–water partition coefficient (Wildman–Crippen LogP) is 5.29. The Morgan fingerprint density at radius 3 is 2.03 bits per heavy atom. The number of rotatable bonds is 7. The molecular formula is C24H25N3O3S. The third-order valence-electron chi connectivity index (χ3n) is 4.56. The van der Waals surface area contributed by atoms with Crippen LogP contribution in [-0.2, 0) is 10.0 Å². The Balaban J connectivity index is 1.57. The molecule has 3 rings (SSSR count). The highest BCUT2D eigenvalue weighted by Crippen LogP contribution is 2.18. The molecule has 0 spiro atoms. The van der Waals surface area contributed by atoms with Crippen LogP contribution >= 0.6 is 0 Å². The number of benzene rings is 3. The number of anilines is 2. The van der Waals surface area contributed by atoms with Gasteiger partial charge in [-0.1, -0.05) is 60.2 Å². The van der Waals surface area contributed by atoms with Gasteiger partial charge in [-0.2, -0.15) is 0 Å². The molecule has 31 heavy (non-hydrogen) atoms. The van der Waals surface area contributed by atoms with Crippen molar-refractivity contribution >= 4 is 33.5 Å². The van der Waals surface area contributed by atoms with E-state index in [1.54, 1.807) is 49.4 Å². The molecule has 0 aliphatic carbocycles. The number of sulfonamides is 1. The van der Waals surface area contributed by atoms with Crippen LogP contribution in [0.3, 0.4) is 0 Å². The lowest BCUT2D eigenvalue weighted by Gasteiger charge is -2.14. The molecular weight excluding hydrogens is 410 g/mol. The molecule has 3 N–H and O–H groups in total. The summed E-state index contributed by atoms with van der Waals surface area (Å²) in [6, 6.07) is 22.9. The lowest BCUT2D eigenvalue weighted by atomic mass is 10.1. The fourth-order valence-corrected chi connectivity index (χ4v) is 3.91. The molecule has 6 nitrogen and oxygen atoms in total. The van der Waals surface area contributed by atoms with Crippen LogP contribution in [0.5, 0.6) is 0 Å². The van der Waals surface area contributed by atoms with Gasteiger partial charge in [-0.3, -0.25) is 0 Å². The molecule has 3 aromatic carbocycles. The highest BCUT2D eigenvalue weighted by molar-refractivity contribution is 7.92. The van der Waals surface area contributed by atoms with Crippen molar-refractivity contribution < 1.29 is 13.2 Å². The summed E-state index contributed by atoms with van der Waals surface area (Å²) in [6.07, 6.45) is 1.56. The van der Waals surface area contributed by atoms with E-state index >= 15 is 0 Å². The molecule has 1 unspecified atom stereocenters. The monoisotopic (exact) mass is 435 g/mol. The highest BCUT2D eigenvalue weighted by Gasteiger charge is 2.13. The van der Waals surface area contributed by atoms with Crippen molar-refractivity contribution in [1.29, 1.82) is 0 Å². The molecule has 7 heteroatoms. The van der Waals surface area contributed by atoms with E-state index in [4.69, 9.17) is 0 Å². The number of para-hydroxylation sites is 1. The fraction of sp³-hybridized carbons (Fsp3) is 0.125. The van der Waals surface area contributed by atoms with E-state index in [9.17, 15) is 13.2 Å². The van der Waals surface area contributed by atoms with Crippen molar-refractivity contribution in [2.24, 2.45) is 0 Å². The van der Waals surface area contributed by atoms with Crippen LogP contribution < -0.4 is 15.4 Å². The lowest BCUT2D eigenvalue weighted by Crippen LogP contribution is -2.24. The predicted molar refractivity (Wildman–Crippen MR) is 126 cm³/mol. The third-order valence-corrected chi connectivity index (χ3v) is 5.73. The summed E-state index contributed by atoms with van der Waals surface area (Å²) in [5.74, 6) is 0. The second-order valence-corrected chi connectivity index (χ2v) is 8.76. The van der Waals surface area contributed by atoms with E-state index in [2.05, 4.69) is 15.4 Å². The van der Waals surface area contributed by atoms with E-state index in [1.165, 1.54) is 0 Å². The van der Waals surface area contributed by atoms with Gasteiger partial charge in [-0.15, -0.1) is 0 Å². The molecule has 0 saturated carbocycles. The fourth-order valence-electron chi connectivity index (χ4n) is 2.87. The van der Waals surface area contributed by atoms with Gasteiger partial charge in [-0.25, -0.2) is 17.9 Å². The maximum absolute atomic E-state index is 12.4. The van der Waals surface area contributed by atoms with E-state index in [-0.39, 0.29) is 6.03 Å². The van der Waals surface area contributed by atoms with Crippen molar-refractivity contribution in [3.63, 3.8) is 0 Å². The van der Waals surface area contributed by atoms with Crippen LogP contribution in [0.25, 0.3) is 6.08 Å². The van der Waals surface area contributed by atoms with Crippen LogP contribution in [0.15, 0.2) is 84.3 Å². The Kier molecular flexibility index (Phi) is 7.23. The first-order valence-corrected chi connectivity index (χ1v) is 11.4. The minimum atomic E-state index is -3.61. The second-order valence-electron chi connectivity index (χ2n) is 7.17. The Morgan fingerprint density at radius 2 is 1.42 bits per heavy atom. The zero-order chi connectivity index (χ0) is 22.3. The van der Waals surface area contributed by atoms with Crippen molar-refractivity contribution in [2.75, 3.05) is 10.6 Å². The average Bonchev–Trinajstić information content (AvgIpc) is 2.74. The number of hydrogen-bond acceptors (Lipinski definition) is 3. The maximum Gasteiger partial charge on any atom is 0.323 e. The van der Waals surface area contributed by atoms with E-state index in [0.717, 1.165) is 22.1 Å². The zero-order valence-electron chi connectivity index (χ0n) is 17.4. The standard InChI is InChI=1S/C24H25N3O3S/c1-18-8-10-20(11-9-18)16-17-31(29,30)27-19(2)21-12-14-23(15-13-21)26-24(28)25-22-6-4-3-5-7-22/h3-17,19,27H,1-2H3,(H2,25,26,28). The molecule has 1 atom stereocenters. The van der Waals surface area contributed by atoms with Crippen LogP contribution in [0.1, 0.15) is 29.7 Å². The van der Waals surface area contributed by atoms with Crippen molar-refractivity contribution in [1.82, 2.24) is 4.72 Å². The minimum Gasteiger partial charge on any atom is -0.308 e. The molecule has 0 heterocycles. The topological polar surface area (TPSA) is 87.3 Å². The number of carbonyl (C=O) groups excluding carboxylic acids is 1. The van der Waals surface area contributed by atoms with Crippen LogP contribution in [0.4, 0.5) is 16.2 Å². The first kappa shape index (κ1) is 22.3. The molecule has 0 radical (unpaired) electrons. The van der Waals surface area contributed by atoms with Gasteiger partial charge in [0, 0.05) is 22.8 Å². The van der Waals surface area contributed by atoms with Gasteiger partial charge >= 0.3 is 6.03 Å². The minimum absolute atomic E-state index is 0.353. The molecule has 0 fully saturated rings. The van der Waals surface area contributed by atoms with Gasteiger partial charge in [0.05, 0.1) is 0 Å². The summed E-state index contributed by atoms with van der Waals surface area (Å²) in [5.41, 5.74) is 4.00. The molecule has 3 aromatic rings. The van der Waals surface area contributed by atoms with Crippen LogP contribution in [0.2, 0.25) is 0 Å². The van der Waals surface area contributed by atoms with Gasteiger partial charge in [0.2, 0.25) is 10.0 Å². The molecule has 0 aliphatic heterocycles. The lowest BCUT2D eigenvalue weighted by molar-refractivity contribution is 0.262. The van der Waals surface area contributed by atoms with Gasteiger partial charge in [0.25, 0.3) is 0 Å². The van der Waals surface area contributed by atoms with Crippen molar-refractivity contribution in [3.05, 3.63) is 101 Å². The first-order valence-electron chi connectivity index (χ1n) is 9.81. The quantitative estimate of drug-likeness (QED) is 0.471. The Bertz CT molecular complexity index is 1140. The Labute approximate surface area is 183 Å². The number of hydrogen-bond donors (Lipinski definition) is 3. The number of carbonyl (C=O) groups is 1. The average molecular weight is 436 g/mol. The number of amides is 2. The maximum atomic E-state index is 12.4. The third kappa shape index (κ3) is 7.09. The first-order chi connectivity index (χ1) is 14.8.